The molecule has 8 heteroatoms. The van der Waals surface area contributed by atoms with Gasteiger partial charge in [0, 0.05) is 6.54 Å². The van der Waals surface area contributed by atoms with Crippen LogP contribution < -0.4 is 10.4 Å². The summed E-state index contributed by atoms with van der Waals surface area (Å²) in [5.74, 6) is -2.26. The van der Waals surface area contributed by atoms with Crippen molar-refractivity contribution in [1.29, 1.82) is 0 Å². The number of rotatable bonds is 9. The number of carboxylic acid groups (broad SMARTS) is 1. The average molecular weight is 458 g/mol. The predicted octanol–water partition coefficient (Wildman–Crippen LogP) is 1.87. The van der Waals surface area contributed by atoms with E-state index in [9.17, 15) is 24.6 Å². The van der Waals surface area contributed by atoms with E-state index in [0.29, 0.717) is 0 Å². The number of carbonyl (C=O) groups excluding carboxylic acids is 3. The molecule has 33 heavy (non-hydrogen) atoms. The number of ether oxygens (including phenoxy) is 1. The van der Waals surface area contributed by atoms with E-state index in [1.807, 2.05) is 56.3 Å². The Morgan fingerprint density at radius 1 is 1.06 bits per heavy atom. The van der Waals surface area contributed by atoms with Crippen molar-refractivity contribution in [2.45, 2.75) is 58.8 Å². The molecule has 2 aromatic carbocycles. The van der Waals surface area contributed by atoms with E-state index >= 15 is 0 Å². The number of aliphatic hydroxyl groups excluding tert-OH is 1. The van der Waals surface area contributed by atoms with Crippen LogP contribution in [0.15, 0.2) is 42.5 Å². The molecule has 8 nitrogen and oxygen atoms in total. The molecule has 0 bridgehead atoms. The van der Waals surface area contributed by atoms with Crippen LogP contribution in [0.4, 0.5) is 4.79 Å². The molecule has 0 heterocycles. The Bertz CT molecular complexity index is 977. The lowest BCUT2D eigenvalue weighted by molar-refractivity contribution is -0.308. The number of nitrogens with zero attached hydrogens (tertiary/aromatic N) is 1. The first kappa shape index (κ1) is 26.1. The monoisotopic (exact) mass is 457 g/mol. The van der Waals surface area contributed by atoms with E-state index in [4.69, 9.17) is 4.74 Å². The van der Waals surface area contributed by atoms with Crippen LogP contribution in [0.3, 0.4) is 0 Å². The van der Waals surface area contributed by atoms with Gasteiger partial charge in [0.15, 0.2) is 6.10 Å². The summed E-state index contributed by atoms with van der Waals surface area (Å²) in [6.45, 7) is 8.64. The number of carboxylic acids is 1. The van der Waals surface area contributed by atoms with E-state index in [2.05, 4.69) is 5.32 Å². The highest BCUT2D eigenvalue weighted by Crippen LogP contribution is 2.20. The summed E-state index contributed by atoms with van der Waals surface area (Å²) < 4.78 is 5.17. The lowest BCUT2D eigenvalue weighted by Gasteiger charge is -2.30. The van der Waals surface area contributed by atoms with E-state index < -0.39 is 35.7 Å². The van der Waals surface area contributed by atoms with Gasteiger partial charge in [-0.1, -0.05) is 56.3 Å². The molecule has 2 atom stereocenters. The maximum atomic E-state index is 13.0. The molecule has 2 amide bonds. The molecular weight excluding hydrogens is 424 g/mol. The maximum Gasteiger partial charge on any atom is 0.337 e. The Morgan fingerprint density at radius 2 is 1.70 bits per heavy atom. The Labute approximate surface area is 194 Å². The van der Waals surface area contributed by atoms with Crippen LogP contribution in [-0.2, 0) is 20.7 Å². The van der Waals surface area contributed by atoms with E-state index in [1.54, 1.807) is 20.8 Å². The van der Waals surface area contributed by atoms with Gasteiger partial charge in [0.1, 0.15) is 5.60 Å². The minimum Gasteiger partial charge on any atom is -0.548 e. The first-order valence-corrected chi connectivity index (χ1v) is 11.0. The summed E-state index contributed by atoms with van der Waals surface area (Å²) in [4.78, 5) is 38.2. The second kappa shape index (κ2) is 11.1. The third kappa shape index (κ3) is 8.05. The fourth-order valence-electron chi connectivity index (χ4n) is 3.46. The zero-order chi connectivity index (χ0) is 24.8. The third-order valence-corrected chi connectivity index (χ3v) is 4.83. The topological polar surface area (TPSA) is 119 Å². The molecule has 0 aliphatic heterocycles. The summed E-state index contributed by atoms with van der Waals surface area (Å²) in [6, 6.07) is 11.1. The average Bonchev–Trinajstić information content (AvgIpc) is 2.71. The molecule has 0 fully saturated rings. The molecule has 0 spiro atoms. The molecule has 2 rings (SSSR count). The SMILES string of the molecule is CC(C)CN(CC(O)C(=O)OC(C)(C)C)C(=O)N[C@@H](Cc1cccc2ccccc12)C(=O)[O-]. The van der Waals surface area contributed by atoms with Gasteiger partial charge < -0.3 is 30.0 Å². The van der Waals surface area contributed by atoms with Gasteiger partial charge in [0.2, 0.25) is 0 Å². The van der Waals surface area contributed by atoms with Crippen molar-refractivity contribution in [3.63, 3.8) is 0 Å². The van der Waals surface area contributed by atoms with Gasteiger partial charge in [-0.2, -0.15) is 0 Å². The van der Waals surface area contributed by atoms with Crippen molar-refractivity contribution >= 4 is 28.7 Å². The highest BCUT2D eigenvalue weighted by molar-refractivity contribution is 5.87. The highest BCUT2D eigenvalue weighted by atomic mass is 16.6. The van der Waals surface area contributed by atoms with Crippen LogP contribution in [-0.4, -0.2) is 58.8 Å². The lowest BCUT2D eigenvalue weighted by Crippen LogP contribution is -2.55. The van der Waals surface area contributed by atoms with E-state index in [-0.39, 0.29) is 25.4 Å². The second-order valence-corrected chi connectivity index (χ2v) is 9.51. The van der Waals surface area contributed by atoms with Crippen molar-refractivity contribution in [1.82, 2.24) is 10.2 Å². The summed E-state index contributed by atoms with van der Waals surface area (Å²) in [6.07, 6.45) is -1.53. The largest absolute Gasteiger partial charge is 0.548 e. The number of hydrogen-bond donors (Lipinski definition) is 2. The van der Waals surface area contributed by atoms with Crippen molar-refractivity contribution in [2.24, 2.45) is 5.92 Å². The van der Waals surface area contributed by atoms with Crippen LogP contribution >= 0.6 is 0 Å². The normalized spacial score (nSPS) is 13.4. The number of carbonyl (C=O) groups is 3. The number of hydrogen-bond acceptors (Lipinski definition) is 6. The van der Waals surface area contributed by atoms with Crippen LogP contribution in [0, 0.1) is 5.92 Å². The van der Waals surface area contributed by atoms with Crippen molar-refractivity contribution in [3.8, 4) is 0 Å². The van der Waals surface area contributed by atoms with Crippen molar-refractivity contribution < 1.29 is 29.3 Å². The van der Waals surface area contributed by atoms with Crippen LogP contribution in [0.1, 0.15) is 40.2 Å². The lowest BCUT2D eigenvalue weighted by atomic mass is 9.99. The second-order valence-electron chi connectivity index (χ2n) is 9.51. The fraction of sp³-hybridized carbons (Fsp3) is 0.480. The van der Waals surface area contributed by atoms with E-state index in [1.165, 1.54) is 4.90 Å². The molecule has 0 saturated heterocycles. The summed E-state index contributed by atoms with van der Waals surface area (Å²) in [7, 11) is 0. The van der Waals surface area contributed by atoms with E-state index in [0.717, 1.165) is 16.3 Å². The molecule has 2 aromatic rings. The summed E-state index contributed by atoms with van der Waals surface area (Å²) in [5, 5.41) is 26.5. The van der Waals surface area contributed by atoms with Gasteiger partial charge in [0.25, 0.3) is 0 Å². The van der Waals surface area contributed by atoms with Gasteiger partial charge in [0.05, 0.1) is 18.6 Å². The molecule has 0 aromatic heterocycles. The van der Waals surface area contributed by atoms with Crippen molar-refractivity contribution in [2.75, 3.05) is 13.1 Å². The molecule has 1 unspecified atom stereocenters. The van der Waals surface area contributed by atoms with Crippen LogP contribution in [0.25, 0.3) is 10.8 Å². The number of aliphatic hydroxyl groups is 1. The number of benzene rings is 2. The van der Waals surface area contributed by atoms with Crippen LogP contribution in [0.2, 0.25) is 0 Å². The molecular formula is C25H33N2O6-. The Hall–Kier alpha value is -3.13. The fourth-order valence-corrected chi connectivity index (χ4v) is 3.46. The predicted molar refractivity (Wildman–Crippen MR) is 123 cm³/mol. The molecule has 0 saturated carbocycles. The third-order valence-electron chi connectivity index (χ3n) is 4.83. The molecule has 0 aliphatic carbocycles. The summed E-state index contributed by atoms with van der Waals surface area (Å²) in [5.41, 5.74) is -0.0337. The first-order chi connectivity index (χ1) is 15.4. The van der Waals surface area contributed by atoms with Gasteiger partial charge in [-0.3, -0.25) is 0 Å². The zero-order valence-electron chi connectivity index (χ0n) is 19.8. The maximum absolute atomic E-state index is 13.0. The minimum absolute atomic E-state index is 0.0149. The molecule has 0 aliphatic rings. The number of esters is 1. The zero-order valence-corrected chi connectivity index (χ0v) is 19.8. The number of nitrogens with one attached hydrogen (secondary N) is 1. The minimum atomic E-state index is -1.56. The van der Waals surface area contributed by atoms with Gasteiger partial charge in [-0.25, -0.2) is 9.59 Å². The Kier molecular flexibility index (Phi) is 8.82. The number of urea groups is 1. The molecule has 2 N–H and O–H groups in total. The van der Waals surface area contributed by atoms with Gasteiger partial charge in [-0.15, -0.1) is 0 Å². The Morgan fingerprint density at radius 3 is 2.30 bits per heavy atom. The first-order valence-electron chi connectivity index (χ1n) is 11.0. The van der Waals surface area contributed by atoms with Crippen LogP contribution in [0.5, 0.6) is 0 Å². The number of fused-ring (bicyclic) bond motifs is 1. The van der Waals surface area contributed by atoms with Crippen molar-refractivity contribution in [3.05, 3.63) is 48.0 Å². The number of aliphatic carboxylic acids is 1. The molecule has 180 valence electrons. The highest BCUT2D eigenvalue weighted by Gasteiger charge is 2.28. The standard InChI is InChI=1S/C25H34N2O6/c1-16(2)14-27(15-21(28)23(31)33-25(3,4)5)24(32)26-20(22(29)30)13-18-11-8-10-17-9-6-7-12-19(17)18/h6-12,16,20-21,28H,13-15H2,1-5H3,(H,26,32)(H,29,30)/p-1/t20-,21?/m0/s1. The smallest absolute Gasteiger partial charge is 0.337 e. The van der Waals surface area contributed by atoms with Gasteiger partial charge >= 0.3 is 12.0 Å². The Balaban J connectivity index is 2.17. The number of amides is 2. The van der Waals surface area contributed by atoms with Gasteiger partial charge in [-0.05, 0) is 49.4 Å². The quantitative estimate of drug-likeness (QED) is 0.555. The molecule has 0 radical (unpaired) electrons. The summed E-state index contributed by atoms with van der Waals surface area (Å²) >= 11 is 0.